The zero-order valence-electron chi connectivity index (χ0n) is 21.8. The van der Waals surface area contributed by atoms with Gasteiger partial charge in [0.1, 0.15) is 11.6 Å². The molecule has 1 aromatic heterocycles. The number of nitro groups is 1. The van der Waals surface area contributed by atoms with E-state index in [2.05, 4.69) is 0 Å². The Kier molecular flexibility index (Phi) is 8.47. The van der Waals surface area contributed by atoms with E-state index in [4.69, 9.17) is 14.5 Å². The van der Waals surface area contributed by atoms with Crippen molar-refractivity contribution in [1.29, 1.82) is 0 Å². The molecule has 0 bridgehead atoms. The molecule has 0 fully saturated rings. The van der Waals surface area contributed by atoms with Crippen LogP contribution < -0.4 is 10.3 Å². The maximum atomic E-state index is 13.8. The van der Waals surface area contributed by atoms with Crippen molar-refractivity contribution in [2.24, 2.45) is 0 Å². The summed E-state index contributed by atoms with van der Waals surface area (Å²) in [5.41, 5.74) is 1.32. The van der Waals surface area contributed by atoms with Crippen LogP contribution in [0.1, 0.15) is 24.4 Å². The van der Waals surface area contributed by atoms with Gasteiger partial charge in [0, 0.05) is 31.9 Å². The first kappa shape index (κ1) is 27.2. The summed E-state index contributed by atoms with van der Waals surface area (Å²) >= 11 is 0. The number of rotatable bonds is 10. The number of amides is 1. The van der Waals surface area contributed by atoms with E-state index in [1.807, 2.05) is 6.07 Å². The Morgan fingerprint density at radius 1 is 1.08 bits per heavy atom. The van der Waals surface area contributed by atoms with Crippen LogP contribution in [-0.4, -0.2) is 52.7 Å². The van der Waals surface area contributed by atoms with E-state index in [1.54, 1.807) is 79.6 Å². The molecule has 0 saturated carbocycles. The maximum absolute atomic E-state index is 13.8. The van der Waals surface area contributed by atoms with Crippen molar-refractivity contribution in [2.45, 2.75) is 13.0 Å². The molecule has 10 nitrogen and oxygen atoms in total. The fourth-order valence-corrected chi connectivity index (χ4v) is 4.27. The van der Waals surface area contributed by atoms with Gasteiger partial charge in [0.2, 0.25) is 5.91 Å². The number of nitro benzene ring substituents is 1. The number of non-ortho nitro benzene ring substituents is 1. The second-order valence-electron chi connectivity index (χ2n) is 8.68. The van der Waals surface area contributed by atoms with Crippen LogP contribution in [0.2, 0.25) is 0 Å². The summed E-state index contributed by atoms with van der Waals surface area (Å²) in [6, 6.07) is 19.4. The largest absolute Gasteiger partial charge is 0.495 e. The Bertz CT molecular complexity index is 1580. The third-order valence-corrected chi connectivity index (χ3v) is 6.31. The predicted molar refractivity (Wildman–Crippen MR) is 148 cm³/mol. The minimum atomic E-state index is -0.642. The fraction of sp³-hybridized carbons (Fsp3) is 0.207. The van der Waals surface area contributed by atoms with Crippen molar-refractivity contribution in [2.75, 3.05) is 27.4 Å². The Labute approximate surface area is 224 Å². The monoisotopic (exact) mass is 528 g/mol. The topological polar surface area (TPSA) is 117 Å². The molecule has 10 heteroatoms. The molecule has 0 aliphatic carbocycles. The lowest BCUT2D eigenvalue weighted by Gasteiger charge is -2.30. The summed E-state index contributed by atoms with van der Waals surface area (Å²) < 4.78 is 12.3. The minimum absolute atomic E-state index is 0.0366. The standard InChI is InChI=1S/C29H28N4O6/c1-20(31(18-19-38-2)27(34)17-14-21-12-15-22(16-13-21)33(36)37)28-30-24-9-5-4-8-23(24)29(35)32(28)25-10-6-7-11-26(25)39-3/h4-17,20H,18-19H2,1-3H3/b17-14+. The highest BCUT2D eigenvalue weighted by Crippen LogP contribution is 2.28. The molecule has 4 rings (SSSR count). The van der Waals surface area contributed by atoms with E-state index in [0.717, 1.165) is 0 Å². The lowest BCUT2D eigenvalue weighted by molar-refractivity contribution is -0.384. The third-order valence-electron chi connectivity index (χ3n) is 6.31. The number of ether oxygens (including phenoxy) is 2. The highest BCUT2D eigenvalue weighted by Gasteiger charge is 2.26. The quantitative estimate of drug-likeness (QED) is 0.168. The molecule has 3 aromatic carbocycles. The van der Waals surface area contributed by atoms with Crippen LogP contribution in [0.4, 0.5) is 5.69 Å². The zero-order valence-corrected chi connectivity index (χ0v) is 21.8. The molecule has 1 atom stereocenters. The van der Waals surface area contributed by atoms with Gasteiger partial charge in [-0.2, -0.15) is 0 Å². The summed E-state index contributed by atoms with van der Waals surface area (Å²) in [4.78, 5) is 44.1. The Balaban J connectivity index is 1.79. The van der Waals surface area contributed by atoms with E-state index in [-0.39, 0.29) is 30.3 Å². The summed E-state index contributed by atoms with van der Waals surface area (Å²) in [7, 11) is 3.07. The van der Waals surface area contributed by atoms with Crippen molar-refractivity contribution in [3.63, 3.8) is 0 Å². The highest BCUT2D eigenvalue weighted by molar-refractivity contribution is 5.92. The molecule has 200 valence electrons. The molecular formula is C29H28N4O6. The fourth-order valence-electron chi connectivity index (χ4n) is 4.27. The number of aromatic nitrogens is 2. The van der Waals surface area contributed by atoms with E-state index < -0.39 is 11.0 Å². The lowest BCUT2D eigenvalue weighted by atomic mass is 10.1. The first-order valence-corrected chi connectivity index (χ1v) is 12.2. The van der Waals surface area contributed by atoms with Gasteiger partial charge in [0.25, 0.3) is 11.2 Å². The van der Waals surface area contributed by atoms with Gasteiger partial charge < -0.3 is 14.4 Å². The normalized spacial score (nSPS) is 12.0. The van der Waals surface area contributed by atoms with E-state index in [9.17, 15) is 19.7 Å². The van der Waals surface area contributed by atoms with E-state index in [1.165, 1.54) is 29.9 Å². The maximum Gasteiger partial charge on any atom is 0.269 e. The molecular weight excluding hydrogens is 500 g/mol. The molecule has 1 heterocycles. The van der Waals surface area contributed by atoms with Crippen LogP contribution in [0.5, 0.6) is 5.75 Å². The summed E-state index contributed by atoms with van der Waals surface area (Å²) in [6.07, 6.45) is 2.97. The van der Waals surface area contributed by atoms with Gasteiger partial charge in [0.15, 0.2) is 0 Å². The minimum Gasteiger partial charge on any atom is -0.495 e. The van der Waals surface area contributed by atoms with Crippen molar-refractivity contribution in [3.8, 4) is 11.4 Å². The van der Waals surface area contributed by atoms with Crippen molar-refractivity contribution in [1.82, 2.24) is 14.5 Å². The molecule has 0 N–H and O–H groups in total. The highest BCUT2D eigenvalue weighted by atomic mass is 16.6. The Morgan fingerprint density at radius 3 is 2.46 bits per heavy atom. The van der Waals surface area contributed by atoms with Crippen LogP contribution in [-0.2, 0) is 9.53 Å². The zero-order chi connectivity index (χ0) is 27.9. The number of nitrogens with zero attached hydrogens (tertiary/aromatic N) is 4. The van der Waals surface area contributed by atoms with Crippen molar-refractivity contribution >= 4 is 28.6 Å². The average Bonchev–Trinajstić information content (AvgIpc) is 2.96. The Hall–Kier alpha value is -4.83. The number of benzene rings is 3. The second-order valence-corrected chi connectivity index (χ2v) is 8.68. The molecule has 0 spiro atoms. The second kappa shape index (κ2) is 12.1. The number of carbonyl (C=O) groups excluding carboxylic acids is 1. The van der Waals surface area contributed by atoms with Gasteiger partial charge in [0.05, 0.1) is 41.3 Å². The molecule has 1 unspecified atom stereocenters. The first-order chi connectivity index (χ1) is 18.8. The van der Waals surface area contributed by atoms with E-state index in [0.29, 0.717) is 33.7 Å². The number of carbonyl (C=O) groups is 1. The SMILES string of the molecule is COCCN(C(=O)/C=C/c1ccc([N+](=O)[O-])cc1)C(C)c1nc2ccccc2c(=O)n1-c1ccccc1OC. The Morgan fingerprint density at radius 2 is 1.77 bits per heavy atom. The van der Waals surface area contributed by atoms with Crippen LogP contribution >= 0.6 is 0 Å². The molecule has 0 saturated heterocycles. The van der Waals surface area contributed by atoms with Gasteiger partial charge in [-0.15, -0.1) is 0 Å². The molecule has 1 amide bonds. The average molecular weight is 529 g/mol. The number of para-hydroxylation sites is 3. The third kappa shape index (κ3) is 5.86. The van der Waals surface area contributed by atoms with Gasteiger partial charge in [-0.1, -0.05) is 24.3 Å². The van der Waals surface area contributed by atoms with Crippen LogP contribution in [0.3, 0.4) is 0 Å². The molecule has 4 aromatic rings. The first-order valence-electron chi connectivity index (χ1n) is 12.2. The number of hydrogen-bond acceptors (Lipinski definition) is 7. The van der Waals surface area contributed by atoms with Crippen LogP contribution in [0.15, 0.2) is 83.7 Å². The van der Waals surface area contributed by atoms with Crippen molar-refractivity contribution in [3.05, 3.63) is 111 Å². The van der Waals surface area contributed by atoms with E-state index >= 15 is 0 Å². The van der Waals surface area contributed by atoms with Crippen LogP contribution in [0, 0.1) is 10.1 Å². The molecule has 39 heavy (non-hydrogen) atoms. The number of methoxy groups -OCH3 is 2. The van der Waals surface area contributed by atoms with Gasteiger partial charge in [-0.05, 0) is 55.0 Å². The molecule has 0 radical (unpaired) electrons. The van der Waals surface area contributed by atoms with Crippen molar-refractivity contribution < 1.29 is 19.2 Å². The lowest BCUT2D eigenvalue weighted by Crippen LogP contribution is -2.38. The number of fused-ring (bicyclic) bond motifs is 1. The van der Waals surface area contributed by atoms with Gasteiger partial charge in [-0.3, -0.25) is 24.3 Å². The predicted octanol–water partition coefficient (Wildman–Crippen LogP) is 4.55. The van der Waals surface area contributed by atoms with Gasteiger partial charge in [-0.25, -0.2) is 4.98 Å². The number of hydrogen-bond donors (Lipinski definition) is 0. The molecule has 0 aliphatic heterocycles. The van der Waals surface area contributed by atoms with Gasteiger partial charge >= 0.3 is 0 Å². The molecule has 0 aliphatic rings. The summed E-state index contributed by atoms with van der Waals surface area (Å²) in [5, 5.41) is 11.4. The van der Waals surface area contributed by atoms with Crippen LogP contribution in [0.25, 0.3) is 22.7 Å². The summed E-state index contributed by atoms with van der Waals surface area (Å²) in [5.74, 6) is 0.501. The smallest absolute Gasteiger partial charge is 0.269 e. The summed E-state index contributed by atoms with van der Waals surface area (Å²) in [6.45, 7) is 2.29.